The zero-order valence-corrected chi connectivity index (χ0v) is 16.4. The third-order valence-corrected chi connectivity index (χ3v) is 5.91. The van der Waals surface area contributed by atoms with E-state index in [1.165, 1.54) is 15.8 Å². The van der Waals surface area contributed by atoms with E-state index >= 15 is 0 Å². The van der Waals surface area contributed by atoms with Gasteiger partial charge < -0.3 is 5.32 Å². The predicted octanol–water partition coefficient (Wildman–Crippen LogP) is 4.75. The molecular weight excluding hydrogens is 344 g/mol. The van der Waals surface area contributed by atoms with E-state index in [2.05, 4.69) is 72.2 Å². The zero-order valence-electron chi connectivity index (χ0n) is 13.9. The smallest absolute Gasteiger partial charge is 0.0332 e. The maximum Gasteiger partial charge on any atom is 0.0332 e. The molecule has 1 fully saturated rings. The van der Waals surface area contributed by atoms with Crippen molar-refractivity contribution in [1.29, 1.82) is 0 Å². The molecule has 0 amide bonds. The van der Waals surface area contributed by atoms with E-state index in [9.17, 15) is 0 Å². The number of halogens is 1. The SMILES string of the molecule is CC(C)CC1CN(Cc2cc(Br)cs2)C(C(C)(C)C)CN1. The van der Waals surface area contributed by atoms with E-state index < -0.39 is 0 Å². The molecule has 2 unspecified atom stereocenters. The van der Waals surface area contributed by atoms with Crippen LogP contribution < -0.4 is 5.32 Å². The lowest BCUT2D eigenvalue weighted by Crippen LogP contribution is -2.60. The number of piperazine rings is 1. The van der Waals surface area contributed by atoms with Gasteiger partial charge in [-0.1, -0.05) is 34.6 Å². The van der Waals surface area contributed by atoms with Crippen molar-refractivity contribution in [2.24, 2.45) is 11.3 Å². The molecule has 1 aliphatic rings. The van der Waals surface area contributed by atoms with Gasteiger partial charge in [-0.3, -0.25) is 4.90 Å². The zero-order chi connectivity index (χ0) is 15.6. The average Bonchev–Trinajstić information content (AvgIpc) is 2.72. The Labute approximate surface area is 142 Å². The summed E-state index contributed by atoms with van der Waals surface area (Å²) in [5.74, 6) is 0.756. The van der Waals surface area contributed by atoms with Crippen LogP contribution in [0.5, 0.6) is 0 Å². The summed E-state index contributed by atoms with van der Waals surface area (Å²) in [6.45, 7) is 15.1. The molecule has 0 spiro atoms. The van der Waals surface area contributed by atoms with Gasteiger partial charge in [0.15, 0.2) is 0 Å². The van der Waals surface area contributed by atoms with Crippen LogP contribution in [0.3, 0.4) is 0 Å². The molecule has 1 aliphatic heterocycles. The number of rotatable bonds is 4. The molecule has 4 heteroatoms. The van der Waals surface area contributed by atoms with Crippen molar-refractivity contribution in [3.8, 4) is 0 Å². The lowest BCUT2D eigenvalue weighted by atomic mass is 9.83. The van der Waals surface area contributed by atoms with Gasteiger partial charge in [0, 0.05) is 46.4 Å². The molecule has 2 nitrogen and oxygen atoms in total. The molecule has 0 saturated carbocycles. The summed E-state index contributed by atoms with van der Waals surface area (Å²) in [7, 11) is 0. The van der Waals surface area contributed by atoms with Crippen LogP contribution in [0.1, 0.15) is 45.9 Å². The van der Waals surface area contributed by atoms with Crippen molar-refractivity contribution in [3.05, 3.63) is 20.8 Å². The lowest BCUT2D eigenvalue weighted by Gasteiger charge is -2.46. The van der Waals surface area contributed by atoms with Gasteiger partial charge in [0.2, 0.25) is 0 Å². The van der Waals surface area contributed by atoms with Crippen LogP contribution >= 0.6 is 27.3 Å². The first kappa shape index (κ1) is 17.5. The Balaban J connectivity index is 2.09. The van der Waals surface area contributed by atoms with Gasteiger partial charge in [0.1, 0.15) is 0 Å². The topological polar surface area (TPSA) is 15.3 Å². The number of hydrogen-bond donors (Lipinski definition) is 1. The molecular formula is C17H29BrN2S. The minimum absolute atomic E-state index is 0.310. The van der Waals surface area contributed by atoms with Crippen LogP contribution in [0.15, 0.2) is 15.9 Å². The van der Waals surface area contributed by atoms with E-state index in [1.807, 2.05) is 11.3 Å². The second-order valence-corrected chi connectivity index (χ2v) is 9.69. The summed E-state index contributed by atoms with van der Waals surface area (Å²) in [6.07, 6.45) is 1.27. The number of hydrogen-bond acceptors (Lipinski definition) is 3. The van der Waals surface area contributed by atoms with Crippen LogP contribution in [0, 0.1) is 11.3 Å². The van der Waals surface area contributed by atoms with Gasteiger partial charge in [-0.15, -0.1) is 11.3 Å². The Bertz CT molecular complexity index is 450. The Morgan fingerprint density at radius 1 is 1.43 bits per heavy atom. The Hall–Kier alpha value is 0.1000. The summed E-state index contributed by atoms with van der Waals surface area (Å²) in [4.78, 5) is 4.16. The van der Waals surface area contributed by atoms with Gasteiger partial charge in [-0.25, -0.2) is 0 Å². The standard InChI is InChI=1S/C17H29BrN2S/c1-12(2)6-14-9-20(10-15-7-13(18)11-21-15)16(8-19-14)17(3,4)5/h7,11-12,14,16,19H,6,8-10H2,1-5H3. The highest BCUT2D eigenvalue weighted by atomic mass is 79.9. The quantitative estimate of drug-likeness (QED) is 0.820. The fourth-order valence-electron chi connectivity index (χ4n) is 3.27. The molecule has 1 aromatic heterocycles. The van der Waals surface area contributed by atoms with Crippen LogP contribution in [0.2, 0.25) is 0 Å². The first-order chi connectivity index (χ1) is 9.75. The molecule has 2 atom stereocenters. The van der Waals surface area contributed by atoms with Gasteiger partial charge in [-0.2, -0.15) is 0 Å². The van der Waals surface area contributed by atoms with E-state index in [-0.39, 0.29) is 0 Å². The van der Waals surface area contributed by atoms with Gasteiger partial charge >= 0.3 is 0 Å². The van der Waals surface area contributed by atoms with E-state index in [4.69, 9.17) is 0 Å². The molecule has 1 N–H and O–H groups in total. The summed E-state index contributed by atoms with van der Waals surface area (Å²) in [5, 5.41) is 5.97. The molecule has 1 aromatic rings. The monoisotopic (exact) mass is 372 g/mol. The fraction of sp³-hybridized carbons (Fsp3) is 0.765. The third-order valence-electron chi connectivity index (χ3n) is 4.23. The summed E-state index contributed by atoms with van der Waals surface area (Å²) >= 11 is 5.44. The van der Waals surface area contributed by atoms with Gasteiger partial charge in [-0.05, 0) is 39.8 Å². The molecule has 21 heavy (non-hydrogen) atoms. The van der Waals surface area contributed by atoms with Gasteiger partial charge in [0.05, 0.1) is 0 Å². The Kier molecular flexibility index (Phi) is 5.91. The molecule has 0 aliphatic carbocycles. The van der Waals surface area contributed by atoms with Crippen molar-refractivity contribution in [3.63, 3.8) is 0 Å². The largest absolute Gasteiger partial charge is 0.311 e. The minimum atomic E-state index is 0.310. The van der Waals surface area contributed by atoms with E-state index in [1.54, 1.807) is 0 Å². The maximum atomic E-state index is 3.78. The molecule has 0 aromatic carbocycles. The average molecular weight is 373 g/mol. The van der Waals surface area contributed by atoms with Crippen LogP contribution in [-0.4, -0.2) is 30.1 Å². The van der Waals surface area contributed by atoms with Crippen molar-refractivity contribution < 1.29 is 0 Å². The van der Waals surface area contributed by atoms with Crippen LogP contribution in [0.4, 0.5) is 0 Å². The summed E-state index contributed by atoms with van der Waals surface area (Å²) < 4.78 is 1.21. The van der Waals surface area contributed by atoms with E-state index in [0.29, 0.717) is 17.5 Å². The molecule has 0 bridgehead atoms. The lowest BCUT2D eigenvalue weighted by molar-refractivity contribution is 0.0460. The van der Waals surface area contributed by atoms with Crippen molar-refractivity contribution in [1.82, 2.24) is 10.2 Å². The second-order valence-electron chi connectivity index (χ2n) is 7.78. The third kappa shape index (κ3) is 5.05. The minimum Gasteiger partial charge on any atom is -0.311 e. The van der Waals surface area contributed by atoms with Crippen LogP contribution in [0.25, 0.3) is 0 Å². The van der Waals surface area contributed by atoms with E-state index in [0.717, 1.165) is 25.6 Å². The van der Waals surface area contributed by atoms with Crippen molar-refractivity contribution >= 4 is 27.3 Å². The van der Waals surface area contributed by atoms with Crippen molar-refractivity contribution in [2.75, 3.05) is 13.1 Å². The van der Waals surface area contributed by atoms with Crippen molar-refractivity contribution in [2.45, 2.75) is 59.7 Å². The van der Waals surface area contributed by atoms with Crippen LogP contribution in [-0.2, 0) is 6.54 Å². The molecule has 2 rings (SSSR count). The van der Waals surface area contributed by atoms with Gasteiger partial charge in [0.25, 0.3) is 0 Å². The Morgan fingerprint density at radius 3 is 2.67 bits per heavy atom. The Morgan fingerprint density at radius 2 is 2.14 bits per heavy atom. The maximum absolute atomic E-state index is 3.78. The predicted molar refractivity (Wildman–Crippen MR) is 96.9 cm³/mol. The highest BCUT2D eigenvalue weighted by molar-refractivity contribution is 9.10. The highest BCUT2D eigenvalue weighted by Gasteiger charge is 2.35. The highest BCUT2D eigenvalue weighted by Crippen LogP contribution is 2.30. The second kappa shape index (κ2) is 7.12. The summed E-state index contributed by atoms with van der Waals surface area (Å²) in [6, 6.07) is 3.50. The molecule has 2 heterocycles. The number of nitrogens with one attached hydrogen (secondary N) is 1. The number of thiophene rings is 1. The number of nitrogens with zero attached hydrogens (tertiary/aromatic N) is 1. The molecule has 1 saturated heterocycles. The molecule has 0 radical (unpaired) electrons. The normalized spacial score (nSPS) is 24.7. The fourth-order valence-corrected chi connectivity index (χ4v) is 4.75. The first-order valence-corrected chi connectivity index (χ1v) is 9.63. The first-order valence-electron chi connectivity index (χ1n) is 7.96. The summed E-state index contributed by atoms with van der Waals surface area (Å²) in [5.41, 5.74) is 0.310. The molecule has 120 valence electrons.